The van der Waals surface area contributed by atoms with Gasteiger partial charge in [0.2, 0.25) is 0 Å². The summed E-state index contributed by atoms with van der Waals surface area (Å²) >= 11 is 0. The van der Waals surface area contributed by atoms with E-state index >= 15 is 0 Å². The number of hydrogen-bond acceptors (Lipinski definition) is 3. The molecule has 5 heteroatoms. The highest BCUT2D eigenvalue weighted by Gasteiger charge is 2.19. The van der Waals surface area contributed by atoms with Gasteiger partial charge in [-0.15, -0.1) is 0 Å². The molecule has 0 bridgehead atoms. The first kappa shape index (κ1) is 15.3. The summed E-state index contributed by atoms with van der Waals surface area (Å²) in [5.41, 5.74) is 3.70. The highest BCUT2D eigenvalue weighted by atomic mass is 16.1. The van der Waals surface area contributed by atoms with E-state index in [0.717, 1.165) is 26.1 Å². The van der Waals surface area contributed by atoms with Crippen molar-refractivity contribution in [1.29, 1.82) is 5.26 Å². The Bertz CT molecular complexity index is 743. The number of nitriles is 1. The number of nitrogens with zero attached hydrogens (tertiary/aromatic N) is 2. The summed E-state index contributed by atoms with van der Waals surface area (Å²) in [7, 11) is 0. The van der Waals surface area contributed by atoms with E-state index in [9.17, 15) is 4.79 Å². The van der Waals surface area contributed by atoms with Crippen molar-refractivity contribution in [2.24, 2.45) is 0 Å². The third kappa shape index (κ3) is 3.61. The molecule has 0 aliphatic carbocycles. The summed E-state index contributed by atoms with van der Waals surface area (Å²) in [4.78, 5) is 17.3. The fourth-order valence-electron chi connectivity index (χ4n) is 3.03. The molecule has 1 aromatic heterocycles. The molecule has 1 aliphatic heterocycles. The third-order valence-electron chi connectivity index (χ3n) is 4.18. The van der Waals surface area contributed by atoms with Gasteiger partial charge in [0.05, 0.1) is 5.56 Å². The van der Waals surface area contributed by atoms with Crippen LogP contribution in [0.3, 0.4) is 0 Å². The zero-order valence-corrected chi connectivity index (χ0v) is 13.2. The molecule has 0 fully saturated rings. The molecule has 3 rings (SSSR count). The van der Waals surface area contributed by atoms with Crippen molar-refractivity contribution in [3.63, 3.8) is 0 Å². The Morgan fingerprint density at radius 1 is 1.43 bits per heavy atom. The van der Waals surface area contributed by atoms with Crippen molar-refractivity contribution in [2.45, 2.75) is 25.9 Å². The normalized spacial score (nSPS) is 15.5. The molecule has 0 saturated heterocycles. The van der Waals surface area contributed by atoms with Crippen molar-refractivity contribution in [2.75, 3.05) is 13.1 Å². The molecule has 0 radical (unpaired) electrons. The van der Waals surface area contributed by atoms with Gasteiger partial charge in [-0.25, -0.2) is 0 Å². The first-order valence-electron chi connectivity index (χ1n) is 7.84. The van der Waals surface area contributed by atoms with Gasteiger partial charge in [0.1, 0.15) is 11.8 Å². The zero-order valence-electron chi connectivity index (χ0n) is 13.2. The van der Waals surface area contributed by atoms with E-state index in [-0.39, 0.29) is 11.9 Å². The molecule has 0 spiro atoms. The van der Waals surface area contributed by atoms with Crippen molar-refractivity contribution in [3.05, 3.63) is 58.9 Å². The SMILES string of the molecule is C[C@@H](CN1CCc2ccccc2C1)NC(=O)c1cc(C#N)c[nH]1. The van der Waals surface area contributed by atoms with Gasteiger partial charge in [-0.05, 0) is 30.5 Å². The Balaban J connectivity index is 1.55. The Morgan fingerprint density at radius 3 is 2.96 bits per heavy atom. The predicted octanol–water partition coefficient (Wildman–Crippen LogP) is 2.06. The minimum absolute atomic E-state index is 0.0431. The predicted molar refractivity (Wildman–Crippen MR) is 87.9 cm³/mol. The number of nitrogens with one attached hydrogen (secondary N) is 2. The van der Waals surface area contributed by atoms with E-state index in [1.54, 1.807) is 12.3 Å². The summed E-state index contributed by atoms with van der Waals surface area (Å²) in [6, 6.07) is 12.1. The number of aromatic nitrogens is 1. The monoisotopic (exact) mass is 308 g/mol. The molecule has 0 unspecified atom stereocenters. The summed E-state index contributed by atoms with van der Waals surface area (Å²) < 4.78 is 0. The fourth-order valence-corrected chi connectivity index (χ4v) is 3.03. The summed E-state index contributed by atoms with van der Waals surface area (Å²) in [6.45, 7) is 4.76. The highest BCUT2D eigenvalue weighted by molar-refractivity contribution is 5.93. The molecule has 0 saturated carbocycles. The summed E-state index contributed by atoms with van der Waals surface area (Å²) in [5, 5.41) is 11.8. The van der Waals surface area contributed by atoms with Gasteiger partial charge in [0.25, 0.3) is 5.91 Å². The lowest BCUT2D eigenvalue weighted by Gasteiger charge is -2.31. The van der Waals surface area contributed by atoms with E-state index in [0.29, 0.717) is 11.3 Å². The lowest BCUT2D eigenvalue weighted by molar-refractivity contribution is 0.0922. The van der Waals surface area contributed by atoms with E-state index in [2.05, 4.69) is 39.5 Å². The highest BCUT2D eigenvalue weighted by Crippen LogP contribution is 2.18. The van der Waals surface area contributed by atoms with Crippen molar-refractivity contribution >= 4 is 5.91 Å². The van der Waals surface area contributed by atoms with Gasteiger partial charge in [0.15, 0.2) is 0 Å². The van der Waals surface area contributed by atoms with Crippen molar-refractivity contribution < 1.29 is 4.79 Å². The Labute approximate surface area is 135 Å². The first-order valence-corrected chi connectivity index (χ1v) is 7.84. The van der Waals surface area contributed by atoms with Crippen LogP contribution in [0.5, 0.6) is 0 Å². The van der Waals surface area contributed by atoms with Gasteiger partial charge in [-0.3, -0.25) is 9.69 Å². The quantitative estimate of drug-likeness (QED) is 0.908. The van der Waals surface area contributed by atoms with E-state index in [1.807, 2.05) is 13.0 Å². The number of amides is 1. The average Bonchev–Trinajstić information content (AvgIpc) is 3.04. The largest absolute Gasteiger partial charge is 0.356 e. The molecule has 5 nitrogen and oxygen atoms in total. The smallest absolute Gasteiger partial charge is 0.267 e. The van der Waals surface area contributed by atoms with Crippen LogP contribution in [0.4, 0.5) is 0 Å². The number of aromatic amines is 1. The number of fused-ring (bicyclic) bond motifs is 1. The van der Waals surface area contributed by atoms with Crippen LogP contribution in [-0.2, 0) is 13.0 Å². The fraction of sp³-hybridized carbons (Fsp3) is 0.333. The molecule has 2 heterocycles. The maximum Gasteiger partial charge on any atom is 0.267 e. The topological polar surface area (TPSA) is 71.9 Å². The molecule has 2 N–H and O–H groups in total. The lowest BCUT2D eigenvalue weighted by Crippen LogP contribution is -2.43. The number of carbonyl (C=O) groups excluding carboxylic acids is 1. The van der Waals surface area contributed by atoms with Gasteiger partial charge in [-0.2, -0.15) is 5.26 Å². The van der Waals surface area contributed by atoms with Crippen molar-refractivity contribution in [3.8, 4) is 6.07 Å². The van der Waals surface area contributed by atoms with Crippen LogP contribution in [0, 0.1) is 11.3 Å². The second-order valence-electron chi connectivity index (χ2n) is 6.04. The van der Waals surface area contributed by atoms with Crippen molar-refractivity contribution in [1.82, 2.24) is 15.2 Å². The molecular weight excluding hydrogens is 288 g/mol. The average molecular weight is 308 g/mol. The van der Waals surface area contributed by atoms with Crippen LogP contribution in [-0.4, -0.2) is 34.9 Å². The first-order chi connectivity index (χ1) is 11.2. The minimum Gasteiger partial charge on any atom is -0.356 e. The van der Waals surface area contributed by atoms with E-state index in [4.69, 9.17) is 5.26 Å². The molecule has 118 valence electrons. The summed E-state index contributed by atoms with van der Waals surface area (Å²) in [6.07, 6.45) is 2.60. The van der Waals surface area contributed by atoms with E-state index < -0.39 is 0 Å². The molecule has 1 amide bonds. The van der Waals surface area contributed by atoms with Crippen LogP contribution < -0.4 is 5.32 Å². The number of H-pyrrole nitrogens is 1. The van der Waals surface area contributed by atoms with E-state index in [1.165, 1.54) is 11.1 Å². The van der Waals surface area contributed by atoms with Crippen LogP contribution in [0.1, 0.15) is 34.1 Å². The van der Waals surface area contributed by atoms with Crippen LogP contribution >= 0.6 is 0 Å². The maximum atomic E-state index is 12.2. The second kappa shape index (κ2) is 6.67. The van der Waals surface area contributed by atoms with Gasteiger partial charge in [0, 0.05) is 31.9 Å². The second-order valence-corrected chi connectivity index (χ2v) is 6.04. The molecule has 2 aromatic rings. The zero-order chi connectivity index (χ0) is 16.2. The standard InChI is InChI=1S/C18H20N4O/c1-13(21-18(23)17-8-14(9-19)10-20-17)11-22-7-6-15-4-2-3-5-16(15)12-22/h2-5,8,10,13,20H,6-7,11-12H2,1H3,(H,21,23)/t13-/m0/s1. The Kier molecular flexibility index (Phi) is 4.45. The molecular formula is C18H20N4O. The third-order valence-corrected chi connectivity index (χ3v) is 4.18. The number of rotatable bonds is 4. The lowest BCUT2D eigenvalue weighted by atomic mass is 10.00. The Morgan fingerprint density at radius 2 is 2.22 bits per heavy atom. The van der Waals surface area contributed by atoms with Crippen LogP contribution in [0.2, 0.25) is 0 Å². The van der Waals surface area contributed by atoms with Gasteiger partial charge >= 0.3 is 0 Å². The van der Waals surface area contributed by atoms with Gasteiger partial charge < -0.3 is 10.3 Å². The van der Waals surface area contributed by atoms with Crippen LogP contribution in [0.15, 0.2) is 36.5 Å². The number of hydrogen-bond donors (Lipinski definition) is 2. The number of carbonyl (C=O) groups is 1. The van der Waals surface area contributed by atoms with Gasteiger partial charge in [-0.1, -0.05) is 24.3 Å². The molecule has 1 aromatic carbocycles. The molecule has 1 atom stereocenters. The van der Waals surface area contributed by atoms with Crippen LogP contribution in [0.25, 0.3) is 0 Å². The molecule has 1 aliphatic rings. The maximum absolute atomic E-state index is 12.2. The minimum atomic E-state index is -0.170. The summed E-state index contributed by atoms with van der Waals surface area (Å²) in [5.74, 6) is -0.170. The molecule has 23 heavy (non-hydrogen) atoms. The Hall–Kier alpha value is -2.58. The number of benzene rings is 1.